The van der Waals surface area contributed by atoms with Crippen LogP contribution < -0.4 is 14.4 Å². The topological polar surface area (TPSA) is 107 Å². The Kier molecular flexibility index (Phi) is 10.3. The second-order valence-corrected chi connectivity index (χ2v) is 16.1. The fourth-order valence-electron chi connectivity index (χ4n) is 6.67. The number of nitrogens with one attached hydrogen (secondary N) is 1. The molecular weight excluding hydrogens is 638 g/mol. The molecule has 9 nitrogen and oxygen atoms in total. The number of anilines is 1. The zero-order chi connectivity index (χ0) is 33.2. The Hall–Kier alpha value is -2.92. The predicted molar refractivity (Wildman–Crippen MR) is 183 cm³/mol. The Balaban J connectivity index is 1.46. The second-order valence-electron chi connectivity index (χ2n) is 13.8. The summed E-state index contributed by atoms with van der Waals surface area (Å²) < 4.78 is 40.1. The maximum absolute atomic E-state index is 14.8. The van der Waals surface area contributed by atoms with Crippen molar-refractivity contribution in [3.8, 4) is 5.75 Å². The van der Waals surface area contributed by atoms with Crippen LogP contribution in [0, 0.1) is 17.8 Å². The van der Waals surface area contributed by atoms with E-state index in [4.69, 9.17) is 25.8 Å². The van der Waals surface area contributed by atoms with Crippen LogP contribution in [-0.2, 0) is 42.0 Å². The lowest BCUT2D eigenvalue weighted by atomic mass is 9.70. The first-order valence-electron chi connectivity index (χ1n) is 16.8. The highest BCUT2D eigenvalue weighted by Crippen LogP contribution is 2.42. The summed E-state index contributed by atoms with van der Waals surface area (Å²) in [6.45, 7) is 5.22. The summed E-state index contributed by atoms with van der Waals surface area (Å²) in [6, 6.07) is 11.2. The molecule has 2 aromatic rings. The third kappa shape index (κ3) is 8.04. The number of methoxy groups -OCH3 is 1. The van der Waals surface area contributed by atoms with Gasteiger partial charge in [0.15, 0.2) is 9.92 Å². The van der Waals surface area contributed by atoms with E-state index in [-0.39, 0.29) is 35.9 Å². The molecule has 6 rings (SSSR count). The van der Waals surface area contributed by atoms with Crippen LogP contribution in [0.1, 0.15) is 69.9 Å². The molecule has 2 aliphatic carbocycles. The van der Waals surface area contributed by atoms with E-state index < -0.39 is 21.4 Å². The molecule has 0 saturated heterocycles. The molecule has 0 unspecified atom stereocenters. The van der Waals surface area contributed by atoms with Crippen molar-refractivity contribution in [3.63, 3.8) is 0 Å². The summed E-state index contributed by atoms with van der Waals surface area (Å²) in [4.78, 5) is 29.3. The van der Waals surface area contributed by atoms with Crippen LogP contribution in [0.25, 0.3) is 0 Å². The number of hydrogen-bond acceptors (Lipinski definition) is 7. The number of aryl methyl sites for hydroxylation is 1. The Labute approximate surface area is 283 Å². The van der Waals surface area contributed by atoms with Crippen LogP contribution >= 0.6 is 11.6 Å². The first-order valence-corrected chi connectivity index (χ1v) is 18.7. The van der Waals surface area contributed by atoms with Crippen molar-refractivity contribution in [1.29, 1.82) is 0 Å². The van der Waals surface area contributed by atoms with Gasteiger partial charge in [-0.25, -0.2) is 4.21 Å². The summed E-state index contributed by atoms with van der Waals surface area (Å²) in [5.41, 5.74) is 1.63. The van der Waals surface area contributed by atoms with Crippen molar-refractivity contribution in [2.45, 2.75) is 88.4 Å². The number of fused-ring (bicyclic) bond motifs is 3. The van der Waals surface area contributed by atoms with Gasteiger partial charge in [-0.05, 0) is 118 Å². The summed E-state index contributed by atoms with van der Waals surface area (Å²) >= 11 is 6.37. The number of rotatable bonds is 4. The first-order chi connectivity index (χ1) is 22.5. The predicted octanol–water partition coefficient (Wildman–Crippen LogP) is 6.65. The standard InChI is InChI=1S/C36H46ClN3O6S/c1-36(2)35(42)39-47(43,38-34(41)19-24-9-10-24)29-14-16-33-31(21-29)40(22-26-12-15-30(26)32(44-3)8-6-18-46-36)17-5-4-7-25-20-28(37)13-11-27(25)23-45-33/h6,8,11,13-14,16,20-21,24,26,30,32H,4-5,7,9-10,12,15,17-19,22-23H2,1-3H3,(H,38,39,41,42,43)/b8-6+/t26-,30+,32-,47+/m0/s1. The van der Waals surface area contributed by atoms with E-state index in [1.807, 2.05) is 30.4 Å². The number of ether oxygens (including phenoxy) is 3. The molecular formula is C36H46ClN3O6S. The number of amides is 2. The molecule has 2 bridgehead atoms. The molecule has 4 atom stereocenters. The Bertz CT molecular complexity index is 1650. The third-order valence-corrected chi connectivity index (χ3v) is 12.0. The van der Waals surface area contributed by atoms with Gasteiger partial charge in [0.1, 0.15) is 18.0 Å². The number of halogens is 1. The van der Waals surface area contributed by atoms with Gasteiger partial charge in [0, 0.05) is 31.6 Å². The van der Waals surface area contributed by atoms with Crippen molar-refractivity contribution in [1.82, 2.24) is 4.72 Å². The molecule has 2 amide bonds. The van der Waals surface area contributed by atoms with Gasteiger partial charge >= 0.3 is 0 Å². The SMILES string of the molecule is CO[C@H]1/C=C/COC(C)(C)C(=O)N=[S@](=O)(NC(=O)CC2CC2)c2ccc3c(c2)N(CCCCc2cc(Cl)ccc2CO3)C[C@@H]2CC[C@H]21. The zero-order valence-corrected chi connectivity index (χ0v) is 29.1. The van der Waals surface area contributed by atoms with Crippen LogP contribution in [0.3, 0.4) is 0 Å². The second kappa shape index (κ2) is 14.3. The molecule has 11 heteroatoms. The average Bonchev–Trinajstić information content (AvgIpc) is 3.84. The van der Waals surface area contributed by atoms with Crippen LogP contribution in [0.15, 0.2) is 57.8 Å². The van der Waals surface area contributed by atoms with Crippen LogP contribution in [0.5, 0.6) is 5.75 Å². The lowest BCUT2D eigenvalue weighted by Gasteiger charge is -2.43. The number of benzene rings is 2. The fourth-order valence-corrected chi connectivity index (χ4v) is 8.51. The molecule has 0 radical (unpaired) electrons. The molecule has 47 heavy (non-hydrogen) atoms. The molecule has 254 valence electrons. The molecule has 2 heterocycles. The highest BCUT2D eigenvalue weighted by molar-refractivity contribution is 7.92. The van der Waals surface area contributed by atoms with E-state index in [1.165, 1.54) is 5.56 Å². The minimum atomic E-state index is -3.72. The van der Waals surface area contributed by atoms with Gasteiger partial charge in [0.25, 0.3) is 5.91 Å². The lowest BCUT2D eigenvalue weighted by molar-refractivity contribution is -0.137. The minimum absolute atomic E-state index is 0.0839. The molecule has 0 spiro atoms. The fraction of sp³-hybridized carbons (Fsp3) is 0.556. The van der Waals surface area contributed by atoms with Gasteiger partial charge in [0.2, 0.25) is 5.91 Å². The van der Waals surface area contributed by atoms with E-state index >= 15 is 0 Å². The maximum atomic E-state index is 14.8. The third-order valence-electron chi connectivity index (χ3n) is 9.91. The largest absolute Gasteiger partial charge is 0.487 e. The summed E-state index contributed by atoms with van der Waals surface area (Å²) in [5.74, 6) is 0.493. The van der Waals surface area contributed by atoms with Crippen molar-refractivity contribution >= 4 is 39.0 Å². The van der Waals surface area contributed by atoms with E-state index in [0.29, 0.717) is 29.2 Å². The van der Waals surface area contributed by atoms with Crippen LogP contribution in [0.2, 0.25) is 5.02 Å². The molecule has 4 aliphatic rings. The number of hydrogen-bond donors (Lipinski definition) is 1. The normalized spacial score (nSPS) is 28.6. The van der Waals surface area contributed by atoms with Crippen molar-refractivity contribution in [2.24, 2.45) is 22.1 Å². The molecule has 2 saturated carbocycles. The maximum Gasteiger partial charge on any atom is 0.287 e. The van der Waals surface area contributed by atoms with Gasteiger partial charge in [0.05, 0.1) is 23.3 Å². The van der Waals surface area contributed by atoms with Crippen molar-refractivity contribution in [2.75, 3.05) is 31.7 Å². The van der Waals surface area contributed by atoms with Crippen molar-refractivity contribution < 1.29 is 28.0 Å². The number of carbonyl (C=O) groups is 2. The van der Waals surface area contributed by atoms with Crippen LogP contribution in [0.4, 0.5) is 5.69 Å². The Morgan fingerprint density at radius 3 is 2.70 bits per heavy atom. The average molecular weight is 684 g/mol. The molecule has 2 fully saturated rings. The van der Waals surface area contributed by atoms with E-state index in [2.05, 4.69) is 14.0 Å². The van der Waals surface area contributed by atoms with Crippen LogP contribution in [-0.4, -0.2) is 54.5 Å². The molecule has 1 N–H and O–H groups in total. The quantitative estimate of drug-likeness (QED) is 0.360. The lowest BCUT2D eigenvalue weighted by Crippen LogP contribution is -2.44. The van der Waals surface area contributed by atoms with Gasteiger partial charge in [-0.1, -0.05) is 29.8 Å². The number of nitrogens with zero attached hydrogens (tertiary/aromatic N) is 2. The van der Waals surface area contributed by atoms with Crippen molar-refractivity contribution in [3.05, 3.63) is 64.7 Å². The van der Waals surface area contributed by atoms with E-state index in [1.54, 1.807) is 39.2 Å². The molecule has 2 aliphatic heterocycles. The van der Waals surface area contributed by atoms with E-state index in [0.717, 1.165) is 69.3 Å². The summed E-state index contributed by atoms with van der Waals surface area (Å²) in [5, 5.41) is 0.706. The molecule has 2 aromatic carbocycles. The van der Waals surface area contributed by atoms with Gasteiger partial charge in [-0.3, -0.25) is 14.3 Å². The van der Waals surface area contributed by atoms with E-state index in [9.17, 15) is 13.8 Å². The zero-order valence-electron chi connectivity index (χ0n) is 27.5. The smallest absolute Gasteiger partial charge is 0.287 e. The molecule has 0 aromatic heterocycles. The monoisotopic (exact) mass is 683 g/mol. The van der Waals surface area contributed by atoms with Gasteiger partial charge < -0.3 is 19.1 Å². The Morgan fingerprint density at radius 1 is 1.13 bits per heavy atom. The Morgan fingerprint density at radius 2 is 1.96 bits per heavy atom. The highest BCUT2D eigenvalue weighted by atomic mass is 35.5. The van der Waals surface area contributed by atoms with Gasteiger partial charge in [-0.15, -0.1) is 4.36 Å². The van der Waals surface area contributed by atoms with Gasteiger partial charge in [-0.2, -0.15) is 0 Å². The number of carbonyl (C=O) groups excluding carboxylic acids is 2. The minimum Gasteiger partial charge on any atom is -0.487 e. The highest BCUT2D eigenvalue weighted by Gasteiger charge is 2.38. The summed E-state index contributed by atoms with van der Waals surface area (Å²) in [7, 11) is -1.98. The summed E-state index contributed by atoms with van der Waals surface area (Å²) in [6.07, 6.45) is 10.9. The first kappa shape index (κ1) is 34.0.